The molecule has 1 rings (SSSR count). The number of piperazine rings is 1. The fraction of sp³-hybridized carbons (Fsp3) is 0.750. The molecule has 1 fully saturated rings. The van der Waals surface area contributed by atoms with E-state index in [2.05, 4.69) is 30.5 Å². The first-order chi connectivity index (χ1) is 4.74. The van der Waals surface area contributed by atoms with Crippen molar-refractivity contribution in [2.24, 2.45) is 0 Å². The van der Waals surface area contributed by atoms with E-state index >= 15 is 0 Å². The summed E-state index contributed by atoms with van der Waals surface area (Å²) in [5.41, 5.74) is 0. The molecule has 1 aliphatic rings. The molecule has 1 heterocycles. The van der Waals surface area contributed by atoms with Crippen LogP contribution in [0.25, 0.3) is 0 Å². The van der Waals surface area contributed by atoms with Crippen molar-refractivity contribution in [3.05, 3.63) is 12.7 Å². The molecule has 0 unspecified atom stereocenters. The highest BCUT2D eigenvalue weighted by molar-refractivity contribution is 4.91. The van der Waals surface area contributed by atoms with Crippen LogP contribution in [0.5, 0.6) is 0 Å². The molecule has 1 saturated heterocycles. The Morgan fingerprint density at radius 2 is 2.10 bits per heavy atom. The van der Waals surface area contributed by atoms with Crippen LogP contribution < -0.4 is 0 Å². The fourth-order valence-corrected chi connectivity index (χ4v) is 1.30. The maximum absolute atomic E-state index is 3.80. The molecule has 0 aromatic rings. The van der Waals surface area contributed by atoms with Gasteiger partial charge in [-0.2, -0.15) is 0 Å². The number of hydrogen-bond donors (Lipinski definition) is 0. The van der Waals surface area contributed by atoms with Gasteiger partial charge in [-0.15, -0.1) is 6.58 Å². The topological polar surface area (TPSA) is 6.48 Å². The van der Waals surface area contributed by atoms with Gasteiger partial charge in [0.25, 0.3) is 0 Å². The second-order valence-electron chi connectivity index (χ2n) is 3.05. The molecule has 0 aromatic heterocycles. The summed E-state index contributed by atoms with van der Waals surface area (Å²) in [6.07, 6.45) is 2.02. The Morgan fingerprint density at radius 1 is 1.40 bits per heavy atom. The first kappa shape index (κ1) is 7.76. The predicted molar refractivity (Wildman–Crippen MR) is 44.1 cm³/mol. The second kappa shape index (κ2) is 3.17. The lowest BCUT2D eigenvalue weighted by molar-refractivity contribution is 0.141. The van der Waals surface area contributed by atoms with Crippen molar-refractivity contribution >= 4 is 0 Å². The second-order valence-corrected chi connectivity index (χ2v) is 3.05. The molecule has 0 spiro atoms. The number of likely N-dealkylation sites (N-methyl/N-ethyl adjacent to an activating group) is 2. The SMILES string of the molecule is C=C[C@@H]1CN(C)CCN1C. The van der Waals surface area contributed by atoms with Crippen LogP contribution in [0.15, 0.2) is 12.7 Å². The summed E-state index contributed by atoms with van der Waals surface area (Å²) in [5.74, 6) is 0. The molecule has 10 heavy (non-hydrogen) atoms. The first-order valence-electron chi connectivity index (χ1n) is 3.75. The quantitative estimate of drug-likeness (QED) is 0.487. The highest BCUT2D eigenvalue weighted by Crippen LogP contribution is 2.05. The van der Waals surface area contributed by atoms with Crippen LogP contribution in [0.1, 0.15) is 0 Å². The van der Waals surface area contributed by atoms with Crippen LogP contribution >= 0.6 is 0 Å². The van der Waals surface area contributed by atoms with Gasteiger partial charge in [0, 0.05) is 25.7 Å². The molecule has 0 radical (unpaired) electrons. The van der Waals surface area contributed by atoms with Gasteiger partial charge < -0.3 is 4.90 Å². The van der Waals surface area contributed by atoms with E-state index in [-0.39, 0.29) is 0 Å². The molecule has 0 aliphatic carbocycles. The van der Waals surface area contributed by atoms with Gasteiger partial charge in [0.2, 0.25) is 0 Å². The van der Waals surface area contributed by atoms with Gasteiger partial charge in [0.05, 0.1) is 0 Å². The Morgan fingerprint density at radius 3 is 2.60 bits per heavy atom. The average Bonchev–Trinajstić information content (AvgIpc) is 1.94. The van der Waals surface area contributed by atoms with Crippen LogP contribution in [0.4, 0.5) is 0 Å². The Bertz CT molecular complexity index is 122. The van der Waals surface area contributed by atoms with E-state index in [1.54, 1.807) is 0 Å². The van der Waals surface area contributed by atoms with E-state index in [1.165, 1.54) is 6.54 Å². The molecule has 2 heteroatoms. The molecule has 0 bridgehead atoms. The van der Waals surface area contributed by atoms with Gasteiger partial charge in [-0.25, -0.2) is 0 Å². The highest BCUT2D eigenvalue weighted by Gasteiger charge is 2.18. The molecular weight excluding hydrogens is 124 g/mol. The molecule has 0 amide bonds. The maximum Gasteiger partial charge on any atom is 0.0400 e. The maximum atomic E-state index is 3.80. The normalized spacial score (nSPS) is 30.4. The van der Waals surface area contributed by atoms with Crippen molar-refractivity contribution in [1.82, 2.24) is 9.80 Å². The van der Waals surface area contributed by atoms with Crippen LogP contribution in [0.3, 0.4) is 0 Å². The third-order valence-electron chi connectivity index (χ3n) is 2.17. The fourth-order valence-electron chi connectivity index (χ4n) is 1.30. The van der Waals surface area contributed by atoms with Gasteiger partial charge >= 0.3 is 0 Å². The van der Waals surface area contributed by atoms with E-state index in [0.717, 1.165) is 13.1 Å². The lowest BCUT2D eigenvalue weighted by Crippen LogP contribution is -2.48. The predicted octanol–water partition coefficient (Wildman–Crippen LogP) is 0.418. The minimum Gasteiger partial charge on any atom is -0.303 e. The summed E-state index contributed by atoms with van der Waals surface area (Å²) in [5, 5.41) is 0. The van der Waals surface area contributed by atoms with Crippen LogP contribution in [-0.4, -0.2) is 49.6 Å². The van der Waals surface area contributed by atoms with Gasteiger partial charge in [-0.1, -0.05) is 6.08 Å². The van der Waals surface area contributed by atoms with Gasteiger partial charge in [-0.3, -0.25) is 4.90 Å². The van der Waals surface area contributed by atoms with Crippen LogP contribution in [0, 0.1) is 0 Å². The van der Waals surface area contributed by atoms with E-state index < -0.39 is 0 Å². The number of hydrogen-bond acceptors (Lipinski definition) is 2. The molecule has 0 N–H and O–H groups in total. The Labute approximate surface area is 63.1 Å². The third kappa shape index (κ3) is 1.58. The van der Waals surface area contributed by atoms with E-state index in [4.69, 9.17) is 0 Å². The van der Waals surface area contributed by atoms with Crippen molar-refractivity contribution in [3.8, 4) is 0 Å². The van der Waals surface area contributed by atoms with Crippen molar-refractivity contribution < 1.29 is 0 Å². The zero-order chi connectivity index (χ0) is 7.56. The molecule has 58 valence electrons. The van der Waals surface area contributed by atoms with Crippen molar-refractivity contribution in [1.29, 1.82) is 0 Å². The lowest BCUT2D eigenvalue weighted by atomic mass is 10.2. The van der Waals surface area contributed by atoms with Crippen LogP contribution in [0.2, 0.25) is 0 Å². The lowest BCUT2D eigenvalue weighted by Gasteiger charge is -2.35. The van der Waals surface area contributed by atoms with Gasteiger partial charge in [0.15, 0.2) is 0 Å². The number of rotatable bonds is 1. The molecule has 1 aliphatic heterocycles. The zero-order valence-electron chi connectivity index (χ0n) is 6.88. The molecule has 0 aromatic carbocycles. The summed E-state index contributed by atoms with van der Waals surface area (Å²) in [4.78, 5) is 4.68. The third-order valence-corrected chi connectivity index (χ3v) is 2.17. The average molecular weight is 140 g/mol. The summed E-state index contributed by atoms with van der Waals surface area (Å²) >= 11 is 0. The van der Waals surface area contributed by atoms with Crippen LogP contribution in [-0.2, 0) is 0 Å². The Hall–Kier alpha value is -0.340. The monoisotopic (exact) mass is 140 g/mol. The summed E-state index contributed by atoms with van der Waals surface area (Å²) in [6, 6.07) is 0.554. The standard InChI is InChI=1S/C8H16N2/c1-4-8-7-9(2)5-6-10(8)3/h4,8H,1,5-7H2,2-3H3/t8-/m1/s1. The minimum absolute atomic E-state index is 0.554. The van der Waals surface area contributed by atoms with Crippen molar-refractivity contribution in [3.63, 3.8) is 0 Å². The van der Waals surface area contributed by atoms with Crippen molar-refractivity contribution in [2.45, 2.75) is 6.04 Å². The van der Waals surface area contributed by atoms with E-state index in [9.17, 15) is 0 Å². The number of nitrogens with zero attached hydrogens (tertiary/aromatic N) is 2. The Kier molecular flexibility index (Phi) is 2.46. The molecule has 1 atom stereocenters. The summed E-state index contributed by atoms with van der Waals surface area (Å²) in [7, 11) is 4.31. The van der Waals surface area contributed by atoms with E-state index in [0.29, 0.717) is 6.04 Å². The molecule has 0 saturated carbocycles. The minimum atomic E-state index is 0.554. The largest absolute Gasteiger partial charge is 0.303 e. The highest BCUT2D eigenvalue weighted by atomic mass is 15.3. The first-order valence-corrected chi connectivity index (χ1v) is 3.75. The zero-order valence-corrected chi connectivity index (χ0v) is 6.88. The van der Waals surface area contributed by atoms with Crippen molar-refractivity contribution in [2.75, 3.05) is 33.7 Å². The Balaban J connectivity index is 2.45. The molecular formula is C8H16N2. The summed E-state index contributed by atoms with van der Waals surface area (Å²) in [6.45, 7) is 7.27. The van der Waals surface area contributed by atoms with E-state index in [1.807, 2.05) is 6.08 Å². The smallest absolute Gasteiger partial charge is 0.0400 e. The van der Waals surface area contributed by atoms with Gasteiger partial charge in [0.1, 0.15) is 0 Å². The summed E-state index contributed by atoms with van der Waals surface area (Å²) < 4.78 is 0. The molecule has 2 nitrogen and oxygen atoms in total. The van der Waals surface area contributed by atoms with Gasteiger partial charge in [-0.05, 0) is 14.1 Å².